The lowest BCUT2D eigenvalue weighted by molar-refractivity contribution is 0.255. The molecule has 2 aromatic carbocycles. The first-order valence-electron chi connectivity index (χ1n) is 8.54. The zero-order chi connectivity index (χ0) is 19.3. The summed E-state index contributed by atoms with van der Waals surface area (Å²) in [4.78, 5) is 16.4. The Labute approximate surface area is 163 Å². The fourth-order valence-electron chi connectivity index (χ4n) is 3.85. The number of para-hydroxylation sites is 2. The highest BCUT2D eigenvalue weighted by atomic mass is 35.5. The van der Waals surface area contributed by atoms with E-state index < -0.39 is 21.9 Å². The third-order valence-electron chi connectivity index (χ3n) is 5.15. The number of nitrogens with zero attached hydrogens (tertiary/aromatic N) is 2. The molecule has 0 radical (unpaired) electrons. The molecule has 0 N–H and O–H groups in total. The summed E-state index contributed by atoms with van der Waals surface area (Å²) in [5.74, 6) is 0.385. The molecule has 2 heterocycles. The molecule has 2 saturated heterocycles. The molecule has 0 bridgehead atoms. The number of rotatable bonds is 3. The number of hydrogen-bond donors (Lipinski definition) is 0. The van der Waals surface area contributed by atoms with Crippen molar-refractivity contribution in [3.05, 3.63) is 53.1 Å². The van der Waals surface area contributed by atoms with E-state index in [1.54, 1.807) is 40.1 Å². The molecule has 0 spiro atoms. The van der Waals surface area contributed by atoms with Crippen LogP contribution in [0, 0.1) is 6.92 Å². The summed E-state index contributed by atoms with van der Waals surface area (Å²) in [5.41, 5.74) is 2.06. The fraction of sp³-hybridized carbons (Fsp3) is 0.316. The van der Waals surface area contributed by atoms with Gasteiger partial charge in [-0.1, -0.05) is 29.8 Å². The molecule has 6 nitrogen and oxygen atoms in total. The van der Waals surface area contributed by atoms with Crippen LogP contribution in [0.3, 0.4) is 0 Å². The molecule has 2 aliphatic heterocycles. The van der Waals surface area contributed by atoms with E-state index in [-0.39, 0.29) is 17.5 Å². The van der Waals surface area contributed by atoms with Crippen molar-refractivity contribution >= 4 is 38.8 Å². The molecule has 2 aromatic rings. The fourth-order valence-corrected chi connectivity index (χ4v) is 5.94. The van der Waals surface area contributed by atoms with Crippen LogP contribution in [0.1, 0.15) is 5.56 Å². The minimum atomic E-state index is -3.26. The number of hydrogen-bond acceptors (Lipinski definition) is 4. The van der Waals surface area contributed by atoms with E-state index in [4.69, 9.17) is 16.3 Å². The van der Waals surface area contributed by atoms with Gasteiger partial charge in [-0.25, -0.2) is 13.2 Å². The molecule has 2 amide bonds. The second kappa shape index (κ2) is 6.42. The van der Waals surface area contributed by atoms with Crippen LogP contribution in [0.25, 0.3) is 0 Å². The number of ether oxygens (including phenoxy) is 1. The van der Waals surface area contributed by atoms with Crippen molar-refractivity contribution < 1.29 is 17.9 Å². The van der Waals surface area contributed by atoms with E-state index in [0.29, 0.717) is 22.1 Å². The van der Waals surface area contributed by atoms with Crippen molar-refractivity contribution in [3.8, 4) is 5.75 Å². The molecule has 0 unspecified atom stereocenters. The molecule has 142 valence electrons. The van der Waals surface area contributed by atoms with Crippen molar-refractivity contribution in [2.75, 3.05) is 28.4 Å². The monoisotopic (exact) mass is 406 g/mol. The molecule has 2 fully saturated rings. The summed E-state index contributed by atoms with van der Waals surface area (Å²) < 4.78 is 30.1. The van der Waals surface area contributed by atoms with Gasteiger partial charge in [0.15, 0.2) is 9.84 Å². The Balaban J connectivity index is 1.84. The molecule has 0 saturated carbocycles. The zero-order valence-corrected chi connectivity index (χ0v) is 16.5. The van der Waals surface area contributed by atoms with Gasteiger partial charge >= 0.3 is 6.03 Å². The highest BCUT2D eigenvalue weighted by Gasteiger charge is 2.55. The van der Waals surface area contributed by atoms with Gasteiger partial charge in [0.05, 0.1) is 36.4 Å². The van der Waals surface area contributed by atoms with Gasteiger partial charge in [-0.3, -0.25) is 9.80 Å². The minimum absolute atomic E-state index is 0.0689. The van der Waals surface area contributed by atoms with Crippen LogP contribution in [-0.4, -0.2) is 45.1 Å². The predicted octanol–water partition coefficient (Wildman–Crippen LogP) is 3.27. The Morgan fingerprint density at radius 1 is 1.07 bits per heavy atom. The third-order valence-corrected chi connectivity index (χ3v) is 7.25. The molecule has 0 aliphatic carbocycles. The van der Waals surface area contributed by atoms with Crippen LogP contribution in [0.15, 0.2) is 42.5 Å². The number of sulfone groups is 1. The summed E-state index contributed by atoms with van der Waals surface area (Å²) in [7, 11) is -1.73. The number of fused-ring (bicyclic) bond motifs is 1. The standard InChI is InChI=1S/C19H19ClN2O4S/c1-12-7-8-13(9-14(12)20)21-16-10-27(24,25)11-17(16)22(19(21)23)15-5-3-4-6-18(15)26-2/h3-9,16-17H,10-11H2,1-2H3/t16-,17-/m0/s1. The van der Waals surface area contributed by atoms with Gasteiger partial charge in [0.1, 0.15) is 5.75 Å². The average molecular weight is 407 g/mol. The molecule has 0 aromatic heterocycles. The Kier molecular flexibility index (Phi) is 4.31. The van der Waals surface area contributed by atoms with Crippen LogP contribution in [-0.2, 0) is 9.84 Å². The molecule has 4 rings (SSSR count). The van der Waals surface area contributed by atoms with Gasteiger partial charge in [-0.2, -0.15) is 0 Å². The largest absolute Gasteiger partial charge is 0.495 e. The van der Waals surface area contributed by atoms with Crippen molar-refractivity contribution in [3.63, 3.8) is 0 Å². The first-order chi connectivity index (χ1) is 12.8. The summed E-state index contributed by atoms with van der Waals surface area (Å²) in [5, 5.41) is 0.536. The topological polar surface area (TPSA) is 66.9 Å². The highest BCUT2D eigenvalue weighted by molar-refractivity contribution is 7.91. The van der Waals surface area contributed by atoms with Gasteiger partial charge in [-0.05, 0) is 36.8 Å². The molecular weight excluding hydrogens is 388 g/mol. The Bertz CT molecular complexity index is 1020. The van der Waals surface area contributed by atoms with E-state index in [2.05, 4.69) is 0 Å². The van der Waals surface area contributed by atoms with Crippen LogP contribution < -0.4 is 14.5 Å². The molecular formula is C19H19ClN2O4S. The lowest BCUT2D eigenvalue weighted by Gasteiger charge is -2.24. The van der Waals surface area contributed by atoms with Gasteiger partial charge in [0.2, 0.25) is 0 Å². The Morgan fingerprint density at radius 3 is 2.41 bits per heavy atom. The van der Waals surface area contributed by atoms with Gasteiger partial charge < -0.3 is 4.74 Å². The van der Waals surface area contributed by atoms with E-state index in [9.17, 15) is 13.2 Å². The van der Waals surface area contributed by atoms with Gasteiger partial charge in [0.25, 0.3) is 0 Å². The number of aryl methyl sites for hydroxylation is 1. The summed E-state index contributed by atoms with van der Waals surface area (Å²) >= 11 is 6.25. The van der Waals surface area contributed by atoms with E-state index in [1.165, 1.54) is 7.11 Å². The lowest BCUT2D eigenvalue weighted by atomic mass is 10.1. The number of amides is 2. The summed E-state index contributed by atoms with van der Waals surface area (Å²) in [6.45, 7) is 1.88. The molecule has 2 aliphatic rings. The maximum absolute atomic E-state index is 13.4. The van der Waals surface area contributed by atoms with Crippen molar-refractivity contribution in [2.45, 2.75) is 19.0 Å². The van der Waals surface area contributed by atoms with E-state index in [1.807, 2.05) is 19.1 Å². The number of urea groups is 1. The Morgan fingerprint density at radius 2 is 1.74 bits per heavy atom. The second-order valence-electron chi connectivity index (χ2n) is 6.84. The summed E-state index contributed by atoms with van der Waals surface area (Å²) in [6.07, 6.45) is 0. The number of carbonyl (C=O) groups excluding carboxylic acids is 1. The molecule has 8 heteroatoms. The first-order valence-corrected chi connectivity index (χ1v) is 10.7. The molecule has 2 atom stereocenters. The van der Waals surface area contributed by atoms with E-state index >= 15 is 0 Å². The van der Waals surface area contributed by atoms with Crippen LogP contribution >= 0.6 is 11.6 Å². The third kappa shape index (κ3) is 2.95. The number of carbonyl (C=O) groups is 1. The highest BCUT2D eigenvalue weighted by Crippen LogP contribution is 2.41. The normalized spacial score (nSPS) is 23.6. The number of anilines is 2. The number of halogens is 1. The maximum Gasteiger partial charge on any atom is 0.329 e. The van der Waals surface area contributed by atoms with Crippen molar-refractivity contribution in [1.29, 1.82) is 0 Å². The van der Waals surface area contributed by atoms with Gasteiger partial charge in [-0.15, -0.1) is 0 Å². The van der Waals surface area contributed by atoms with E-state index in [0.717, 1.165) is 5.56 Å². The quantitative estimate of drug-likeness (QED) is 0.734. The van der Waals surface area contributed by atoms with Crippen molar-refractivity contribution in [2.24, 2.45) is 0 Å². The number of methoxy groups -OCH3 is 1. The van der Waals surface area contributed by atoms with Crippen LogP contribution in [0.5, 0.6) is 5.75 Å². The maximum atomic E-state index is 13.4. The molecule has 27 heavy (non-hydrogen) atoms. The predicted molar refractivity (Wildman–Crippen MR) is 106 cm³/mol. The van der Waals surface area contributed by atoms with Crippen LogP contribution in [0.2, 0.25) is 5.02 Å². The van der Waals surface area contributed by atoms with Crippen LogP contribution in [0.4, 0.5) is 16.2 Å². The van der Waals surface area contributed by atoms with Gasteiger partial charge in [0, 0.05) is 10.7 Å². The minimum Gasteiger partial charge on any atom is -0.495 e. The summed E-state index contributed by atoms with van der Waals surface area (Å²) in [6, 6.07) is 11.3. The zero-order valence-electron chi connectivity index (χ0n) is 14.9. The lowest BCUT2D eigenvalue weighted by Crippen LogP contribution is -2.38. The smallest absolute Gasteiger partial charge is 0.329 e. The Hall–Kier alpha value is -2.25. The second-order valence-corrected chi connectivity index (χ2v) is 9.40. The van der Waals surface area contributed by atoms with Crippen molar-refractivity contribution in [1.82, 2.24) is 0 Å². The average Bonchev–Trinajstić information content (AvgIpc) is 3.06. The first kappa shape index (κ1) is 18.1. The number of benzene rings is 2. The SMILES string of the molecule is COc1ccccc1N1C(=O)N(c2ccc(C)c(Cl)c2)[C@H]2CS(=O)(=O)C[C@@H]21.